The van der Waals surface area contributed by atoms with Gasteiger partial charge in [0.2, 0.25) is 15.9 Å². The number of carbonyl (C=O) groups excluding carboxylic acids is 1. The molecule has 2 aromatic rings. The Morgan fingerprint density at radius 3 is 2.43 bits per heavy atom. The van der Waals surface area contributed by atoms with E-state index in [1.165, 1.54) is 37.3 Å². The minimum absolute atomic E-state index is 0.0213. The van der Waals surface area contributed by atoms with Crippen LogP contribution in [0.3, 0.4) is 0 Å². The summed E-state index contributed by atoms with van der Waals surface area (Å²) in [5.41, 5.74) is 0.825. The number of methoxy groups -OCH3 is 2. The predicted molar refractivity (Wildman–Crippen MR) is 107 cm³/mol. The van der Waals surface area contributed by atoms with E-state index in [2.05, 4.69) is 4.72 Å². The lowest BCUT2D eigenvalue weighted by atomic mass is 10.2. The highest BCUT2D eigenvalue weighted by Crippen LogP contribution is 2.29. The summed E-state index contributed by atoms with van der Waals surface area (Å²) in [6, 6.07) is 11.5. The van der Waals surface area contributed by atoms with E-state index < -0.39 is 10.0 Å². The molecule has 0 aliphatic carbocycles. The van der Waals surface area contributed by atoms with E-state index in [0.29, 0.717) is 23.1 Å². The van der Waals surface area contributed by atoms with Gasteiger partial charge in [0.25, 0.3) is 0 Å². The number of rotatable bonds is 9. The van der Waals surface area contributed by atoms with E-state index >= 15 is 0 Å². The second-order valence-electron chi connectivity index (χ2n) is 6.01. The van der Waals surface area contributed by atoms with Crippen LogP contribution in [-0.2, 0) is 21.4 Å². The monoisotopic (exact) mass is 426 g/mol. The summed E-state index contributed by atoms with van der Waals surface area (Å²) in [7, 11) is 0.758. The molecule has 0 unspecified atom stereocenters. The molecule has 0 aromatic heterocycles. The Bertz CT molecular complexity index is 934. The van der Waals surface area contributed by atoms with Crippen LogP contribution in [0.1, 0.15) is 12.0 Å². The quantitative estimate of drug-likeness (QED) is 0.666. The molecule has 2 aromatic carbocycles. The molecule has 0 spiro atoms. The zero-order chi connectivity index (χ0) is 20.7. The number of hydrogen-bond donors (Lipinski definition) is 1. The van der Waals surface area contributed by atoms with Crippen LogP contribution in [0.25, 0.3) is 0 Å². The molecule has 0 aliphatic rings. The molecule has 28 heavy (non-hydrogen) atoms. The Labute approximate surface area is 170 Å². The van der Waals surface area contributed by atoms with Crippen LogP contribution in [0.4, 0.5) is 0 Å². The minimum Gasteiger partial charge on any atom is -0.493 e. The topological polar surface area (TPSA) is 84.9 Å². The molecule has 1 amide bonds. The van der Waals surface area contributed by atoms with Crippen molar-refractivity contribution in [3.05, 3.63) is 53.1 Å². The fourth-order valence-electron chi connectivity index (χ4n) is 2.52. The summed E-state index contributed by atoms with van der Waals surface area (Å²) in [4.78, 5) is 13.8. The summed E-state index contributed by atoms with van der Waals surface area (Å²) in [6.07, 6.45) is 0.0213. The van der Waals surface area contributed by atoms with E-state index in [9.17, 15) is 13.2 Å². The maximum Gasteiger partial charge on any atom is 0.240 e. The molecule has 0 atom stereocenters. The van der Waals surface area contributed by atoms with Crippen molar-refractivity contribution in [2.24, 2.45) is 0 Å². The highest BCUT2D eigenvalue weighted by molar-refractivity contribution is 7.89. The van der Waals surface area contributed by atoms with E-state index in [0.717, 1.165) is 5.56 Å². The molecule has 152 valence electrons. The SMILES string of the molecule is COc1ccc(S(=O)(=O)NCCC(=O)N(C)Cc2ccccc2Cl)cc1OC. The number of carbonyl (C=O) groups is 1. The van der Waals surface area contributed by atoms with Crippen molar-refractivity contribution in [3.63, 3.8) is 0 Å². The number of benzene rings is 2. The van der Waals surface area contributed by atoms with Crippen molar-refractivity contribution in [1.82, 2.24) is 9.62 Å². The van der Waals surface area contributed by atoms with Crippen molar-refractivity contribution in [2.75, 3.05) is 27.8 Å². The lowest BCUT2D eigenvalue weighted by Crippen LogP contribution is -2.32. The zero-order valence-corrected chi connectivity index (χ0v) is 17.5. The van der Waals surface area contributed by atoms with E-state index in [-0.39, 0.29) is 23.8 Å². The Balaban J connectivity index is 1.94. The van der Waals surface area contributed by atoms with Crippen molar-refractivity contribution in [2.45, 2.75) is 17.9 Å². The molecule has 0 saturated heterocycles. The van der Waals surface area contributed by atoms with Gasteiger partial charge >= 0.3 is 0 Å². The minimum atomic E-state index is -3.78. The third-order valence-corrected chi connectivity index (χ3v) is 5.91. The maximum absolute atomic E-state index is 12.4. The summed E-state index contributed by atoms with van der Waals surface area (Å²) >= 11 is 6.10. The first-order valence-corrected chi connectivity index (χ1v) is 10.3. The number of amides is 1. The molecule has 0 aliphatic heterocycles. The average molecular weight is 427 g/mol. The molecular weight excluding hydrogens is 404 g/mol. The standard InChI is InChI=1S/C19H23ClN2O5S/c1-22(13-14-6-4-5-7-16(14)20)19(23)10-11-21-28(24,25)15-8-9-17(26-2)18(12-15)27-3/h4-9,12,21H,10-11,13H2,1-3H3. The number of sulfonamides is 1. The van der Waals surface area contributed by atoms with E-state index in [1.54, 1.807) is 13.1 Å². The largest absolute Gasteiger partial charge is 0.493 e. The summed E-state index contributed by atoms with van der Waals surface area (Å²) in [5.74, 6) is 0.536. The first-order chi connectivity index (χ1) is 13.3. The van der Waals surface area contributed by atoms with E-state index in [1.807, 2.05) is 18.2 Å². The third-order valence-electron chi connectivity index (χ3n) is 4.09. The van der Waals surface area contributed by atoms with Gasteiger partial charge in [-0.1, -0.05) is 29.8 Å². The molecule has 1 N–H and O–H groups in total. The second kappa shape index (κ2) is 9.77. The first kappa shape index (κ1) is 22.0. The molecule has 9 heteroatoms. The summed E-state index contributed by atoms with van der Waals surface area (Å²) in [5, 5.41) is 0.580. The van der Waals surface area contributed by atoms with Crippen LogP contribution < -0.4 is 14.2 Å². The predicted octanol–water partition coefficient (Wildman–Crippen LogP) is 2.68. The lowest BCUT2D eigenvalue weighted by Gasteiger charge is -2.18. The summed E-state index contributed by atoms with van der Waals surface area (Å²) < 4.78 is 37.5. The van der Waals surface area contributed by atoms with Gasteiger partial charge in [-0.2, -0.15) is 0 Å². The Hall–Kier alpha value is -2.29. The first-order valence-electron chi connectivity index (χ1n) is 8.47. The lowest BCUT2D eigenvalue weighted by molar-refractivity contribution is -0.130. The normalized spacial score (nSPS) is 11.1. The molecule has 0 fully saturated rings. The highest BCUT2D eigenvalue weighted by atomic mass is 35.5. The molecule has 0 saturated carbocycles. The number of hydrogen-bond acceptors (Lipinski definition) is 5. The van der Waals surface area contributed by atoms with Crippen molar-refractivity contribution in [1.29, 1.82) is 0 Å². The Kier molecular flexibility index (Phi) is 7.68. The van der Waals surface area contributed by atoms with Gasteiger partial charge in [-0.15, -0.1) is 0 Å². The van der Waals surface area contributed by atoms with Crippen LogP contribution in [0.2, 0.25) is 5.02 Å². The number of nitrogens with zero attached hydrogens (tertiary/aromatic N) is 1. The van der Waals surface area contributed by atoms with Crippen molar-refractivity contribution >= 4 is 27.5 Å². The average Bonchev–Trinajstić information content (AvgIpc) is 2.68. The molecule has 0 heterocycles. The highest BCUT2D eigenvalue weighted by Gasteiger charge is 2.18. The zero-order valence-electron chi connectivity index (χ0n) is 15.9. The fraction of sp³-hybridized carbons (Fsp3) is 0.316. The second-order valence-corrected chi connectivity index (χ2v) is 8.18. The fourth-order valence-corrected chi connectivity index (χ4v) is 3.76. The van der Waals surface area contributed by atoms with Gasteiger partial charge in [0.05, 0.1) is 19.1 Å². The molecule has 0 radical (unpaired) electrons. The van der Waals surface area contributed by atoms with E-state index in [4.69, 9.17) is 21.1 Å². The van der Waals surface area contributed by atoms with Gasteiger partial charge in [0.1, 0.15) is 0 Å². The molecular formula is C19H23ClN2O5S. The van der Waals surface area contributed by atoms with Crippen molar-refractivity contribution < 1.29 is 22.7 Å². The summed E-state index contributed by atoms with van der Waals surface area (Å²) in [6.45, 7) is 0.323. The Morgan fingerprint density at radius 1 is 1.11 bits per heavy atom. The molecule has 2 rings (SSSR count). The Morgan fingerprint density at radius 2 is 1.79 bits per heavy atom. The molecule has 0 bridgehead atoms. The van der Waals surface area contributed by atoms with Crippen molar-refractivity contribution in [3.8, 4) is 11.5 Å². The van der Waals surface area contributed by atoms with Crippen LogP contribution in [-0.4, -0.2) is 47.0 Å². The van der Waals surface area contributed by atoms with Crippen LogP contribution >= 0.6 is 11.6 Å². The number of ether oxygens (including phenoxy) is 2. The van der Waals surface area contributed by atoms with Crippen LogP contribution in [0.5, 0.6) is 11.5 Å². The van der Waals surface area contributed by atoms with Gasteiger partial charge in [0.15, 0.2) is 11.5 Å². The van der Waals surface area contributed by atoms with Crippen LogP contribution in [0, 0.1) is 0 Å². The van der Waals surface area contributed by atoms with Gasteiger partial charge in [-0.25, -0.2) is 13.1 Å². The maximum atomic E-state index is 12.4. The third kappa shape index (κ3) is 5.60. The van der Waals surface area contributed by atoms with Gasteiger partial charge in [-0.05, 0) is 23.8 Å². The molecule has 7 nitrogen and oxygen atoms in total. The number of nitrogens with one attached hydrogen (secondary N) is 1. The van der Waals surface area contributed by atoms with Gasteiger partial charge < -0.3 is 14.4 Å². The van der Waals surface area contributed by atoms with Crippen LogP contribution in [0.15, 0.2) is 47.4 Å². The van der Waals surface area contributed by atoms with Gasteiger partial charge in [0, 0.05) is 37.6 Å². The van der Waals surface area contributed by atoms with Gasteiger partial charge in [-0.3, -0.25) is 4.79 Å². The smallest absolute Gasteiger partial charge is 0.240 e. The number of halogens is 1.